The Kier molecular flexibility index (Phi) is 5.55. The fourth-order valence-electron chi connectivity index (χ4n) is 3.11. The molecule has 26 heavy (non-hydrogen) atoms. The minimum atomic E-state index is -0.328. The molecule has 7 heteroatoms. The van der Waals surface area contributed by atoms with E-state index in [2.05, 4.69) is 15.7 Å². The summed E-state index contributed by atoms with van der Waals surface area (Å²) in [6.07, 6.45) is 4.04. The third kappa shape index (κ3) is 4.22. The number of rotatable bonds is 6. The van der Waals surface area contributed by atoms with Crippen LogP contribution in [0.2, 0.25) is 0 Å². The van der Waals surface area contributed by atoms with E-state index in [1.807, 2.05) is 6.92 Å². The number of anilines is 2. The predicted molar refractivity (Wildman–Crippen MR) is 99.4 cm³/mol. The summed E-state index contributed by atoms with van der Waals surface area (Å²) in [6.45, 7) is 2.51. The third-order valence-corrected chi connectivity index (χ3v) is 4.51. The average Bonchev–Trinajstić information content (AvgIpc) is 3.27. The number of nitrogens with zero attached hydrogens (tertiary/aromatic N) is 2. The normalized spacial score (nSPS) is 14.2. The zero-order chi connectivity index (χ0) is 18.5. The first kappa shape index (κ1) is 18.0. The van der Waals surface area contributed by atoms with Gasteiger partial charge in [0.25, 0.3) is 5.91 Å². The van der Waals surface area contributed by atoms with Crippen molar-refractivity contribution in [2.75, 3.05) is 17.2 Å². The van der Waals surface area contributed by atoms with Crippen LogP contribution in [0.25, 0.3) is 0 Å². The molecule has 2 aromatic rings. The first-order chi connectivity index (χ1) is 12.6. The van der Waals surface area contributed by atoms with Crippen molar-refractivity contribution in [2.24, 2.45) is 13.0 Å². The van der Waals surface area contributed by atoms with Crippen LogP contribution in [0.5, 0.6) is 5.75 Å². The Bertz CT molecular complexity index is 777. The van der Waals surface area contributed by atoms with E-state index >= 15 is 0 Å². The van der Waals surface area contributed by atoms with Gasteiger partial charge in [0.1, 0.15) is 11.6 Å². The van der Waals surface area contributed by atoms with E-state index in [1.54, 1.807) is 37.4 Å². The topological polar surface area (TPSA) is 85.3 Å². The van der Waals surface area contributed by atoms with Crippen LogP contribution in [0.4, 0.5) is 11.5 Å². The summed E-state index contributed by atoms with van der Waals surface area (Å²) in [5, 5.41) is 9.87. The molecule has 0 unspecified atom stereocenters. The van der Waals surface area contributed by atoms with Crippen molar-refractivity contribution in [1.29, 1.82) is 0 Å². The van der Waals surface area contributed by atoms with Gasteiger partial charge >= 0.3 is 0 Å². The number of hydrogen-bond acceptors (Lipinski definition) is 4. The quantitative estimate of drug-likeness (QED) is 0.832. The molecule has 0 atom stereocenters. The molecular weight excluding hydrogens is 332 g/mol. The van der Waals surface area contributed by atoms with E-state index in [1.165, 1.54) is 4.68 Å². The molecule has 0 radical (unpaired) electrons. The molecule has 1 heterocycles. The van der Waals surface area contributed by atoms with Gasteiger partial charge in [-0.1, -0.05) is 12.8 Å². The number of nitrogens with one attached hydrogen (secondary N) is 2. The van der Waals surface area contributed by atoms with Crippen LogP contribution in [0, 0.1) is 5.92 Å². The highest BCUT2D eigenvalue weighted by atomic mass is 16.5. The summed E-state index contributed by atoms with van der Waals surface area (Å²) in [4.78, 5) is 24.7. The van der Waals surface area contributed by atoms with Crippen LogP contribution in [-0.2, 0) is 11.8 Å². The van der Waals surface area contributed by atoms with Gasteiger partial charge in [-0.2, -0.15) is 5.10 Å². The van der Waals surface area contributed by atoms with Gasteiger partial charge in [-0.25, -0.2) is 0 Å². The highest BCUT2D eigenvalue weighted by molar-refractivity contribution is 6.04. The second kappa shape index (κ2) is 8.03. The smallest absolute Gasteiger partial charge is 0.276 e. The lowest BCUT2D eigenvalue weighted by Gasteiger charge is -2.09. The van der Waals surface area contributed by atoms with Crippen LogP contribution in [0.1, 0.15) is 43.1 Å². The molecule has 0 spiro atoms. The summed E-state index contributed by atoms with van der Waals surface area (Å²) in [6, 6.07) is 8.73. The minimum absolute atomic E-state index is 0.00368. The molecule has 138 valence electrons. The van der Waals surface area contributed by atoms with Gasteiger partial charge in [-0.05, 0) is 44.0 Å². The maximum absolute atomic E-state index is 12.4. The molecule has 1 fully saturated rings. The summed E-state index contributed by atoms with van der Waals surface area (Å²) in [5.74, 6) is 1.01. The predicted octanol–water partition coefficient (Wildman–Crippen LogP) is 3.20. The lowest BCUT2D eigenvalue weighted by atomic mass is 10.1. The molecule has 2 amide bonds. The van der Waals surface area contributed by atoms with Gasteiger partial charge in [0.2, 0.25) is 5.91 Å². The molecule has 0 saturated heterocycles. The Labute approximate surface area is 152 Å². The standard InChI is InChI=1S/C19H24N4O3/c1-3-26-15-10-8-14(9-11-15)20-19(25)16-12-17(23(2)22-16)21-18(24)13-6-4-5-7-13/h8-13H,3-7H2,1-2H3,(H,20,25)(H,21,24). The molecule has 1 aliphatic rings. The zero-order valence-electron chi connectivity index (χ0n) is 15.1. The van der Waals surface area contributed by atoms with Crippen molar-refractivity contribution < 1.29 is 14.3 Å². The molecule has 1 aromatic heterocycles. The van der Waals surface area contributed by atoms with E-state index in [0.717, 1.165) is 31.4 Å². The van der Waals surface area contributed by atoms with Gasteiger partial charge in [-0.15, -0.1) is 0 Å². The molecule has 3 rings (SSSR count). The monoisotopic (exact) mass is 356 g/mol. The maximum atomic E-state index is 12.4. The second-order valence-corrected chi connectivity index (χ2v) is 6.42. The van der Waals surface area contributed by atoms with E-state index in [0.29, 0.717) is 18.1 Å². The van der Waals surface area contributed by atoms with E-state index in [9.17, 15) is 9.59 Å². The summed E-state index contributed by atoms with van der Waals surface area (Å²) in [7, 11) is 1.71. The summed E-state index contributed by atoms with van der Waals surface area (Å²) >= 11 is 0. The molecule has 1 aromatic carbocycles. The summed E-state index contributed by atoms with van der Waals surface area (Å²) in [5.41, 5.74) is 0.906. The average molecular weight is 356 g/mol. The SMILES string of the molecule is CCOc1ccc(NC(=O)c2cc(NC(=O)C3CCCC3)n(C)n2)cc1. The van der Waals surface area contributed by atoms with E-state index in [-0.39, 0.29) is 23.4 Å². The Morgan fingerprint density at radius 1 is 1.19 bits per heavy atom. The van der Waals surface area contributed by atoms with E-state index in [4.69, 9.17) is 4.74 Å². The van der Waals surface area contributed by atoms with Crippen molar-refractivity contribution in [3.8, 4) is 5.75 Å². The van der Waals surface area contributed by atoms with Crippen LogP contribution in [-0.4, -0.2) is 28.2 Å². The number of ether oxygens (including phenoxy) is 1. The van der Waals surface area contributed by atoms with Crippen molar-refractivity contribution in [1.82, 2.24) is 9.78 Å². The molecule has 2 N–H and O–H groups in total. The number of carbonyl (C=O) groups excluding carboxylic acids is 2. The van der Waals surface area contributed by atoms with Crippen molar-refractivity contribution >= 4 is 23.3 Å². The van der Waals surface area contributed by atoms with Gasteiger partial charge < -0.3 is 15.4 Å². The highest BCUT2D eigenvalue weighted by Gasteiger charge is 2.24. The van der Waals surface area contributed by atoms with Crippen LogP contribution in [0.15, 0.2) is 30.3 Å². The van der Waals surface area contributed by atoms with Crippen molar-refractivity contribution in [3.63, 3.8) is 0 Å². The van der Waals surface area contributed by atoms with Crippen LogP contribution >= 0.6 is 0 Å². The number of aryl methyl sites for hydroxylation is 1. The minimum Gasteiger partial charge on any atom is -0.494 e. The van der Waals surface area contributed by atoms with Crippen LogP contribution < -0.4 is 15.4 Å². The summed E-state index contributed by atoms with van der Waals surface area (Å²) < 4.78 is 6.89. The Morgan fingerprint density at radius 2 is 1.88 bits per heavy atom. The number of benzene rings is 1. The molecule has 0 aliphatic heterocycles. The Hall–Kier alpha value is -2.83. The first-order valence-electron chi connectivity index (χ1n) is 8.96. The van der Waals surface area contributed by atoms with Gasteiger partial charge in [0.15, 0.2) is 5.69 Å². The van der Waals surface area contributed by atoms with Crippen molar-refractivity contribution in [2.45, 2.75) is 32.6 Å². The molecule has 0 bridgehead atoms. The van der Waals surface area contributed by atoms with E-state index < -0.39 is 0 Å². The number of aromatic nitrogens is 2. The fourth-order valence-corrected chi connectivity index (χ4v) is 3.11. The van der Waals surface area contributed by atoms with Gasteiger partial charge in [0, 0.05) is 24.7 Å². The lowest BCUT2D eigenvalue weighted by molar-refractivity contribution is -0.119. The van der Waals surface area contributed by atoms with Crippen molar-refractivity contribution in [3.05, 3.63) is 36.0 Å². The number of hydrogen-bond donors (Lipinski definition) is 2. The second-order valence-electron chi connectivity index (χ2n) is 6.42. The zero-order valence-corrected chi connectivity index (χ0v) is 15.1. The van der Waals surface area contributed by atoms with Gasteiger partial charge in [0.05, 0.1) is 6.61 Å². The van der Waals surface area contributed by atoms with Gasteiger partial charge in [-0.3, -0.25) is 14.3 Å². The molecular formula is C19H24N4O3. The Balaban J connectivity index is 1.63. The largest absolute Gasteiger partial charge is 0.494 e. The van der Waals surface area contributed by atoms with Crippen LogP contribution in [0.3, 0.4) is 0 Å². The highest BCUT2D eigenvalue weighted by Crippen LogP contribution is 2.26. The molecule has 7 nitrogen and oxygen atoms in total. The fraction of sp³-hybridized carbons (Fsp3) is 0.421. The maximum Gasteiger partial charge on any atom is 0.276 e. The Morgan fingerprint density at radius 3 is 2.54 bits per heavy atom. The number of amides is 2. The molecule has 1 aliphatic carbocycles. The lowest BCUT2D eigenvalue weighted by Crippen LogP contribution is -2.21. The third-order valence-electron chi connectivity index (χ3n) is 4.51. The number of carbonyl (C=O) groups is 2. The molecule has 1 saturated carbocycles. The first-order valence-corrected chi connectivity index (χ1v) is 8.96.